The summed E-state index contributed by atoms with van der Waals surface area (Å²) in [4.78, 5) is 20.7. The van der Waals surface area contributed by atoms with E-state index in [4.69, 9.17) is 25.7 Å². The third kappa shape index (κ3) is 5.14. The van der Waals surface area contributed by atoms with Gasteiger partial charge in [0.05, 0.1) is 51.3 Å². The van der Waals surface area contributed by atoms with Crippen molar-refractivity contribution in [3.63, 3.8) is 0 Å². The lowest BCUT2D eigenvalue weighted by atomic mass is 9.85. The largest absolute Gasteiger partial charge is 0.395 e. The van der Waals surface area contributed by atoms with Gasteiger partial charge in [0.1, 0.15) is 0 Å². The molecule has 5 nitrogen and oxygen atoms in total. The molecular weight excluding hydrogens is 599 g/mol. The van der Waals surface area contributed by atoms with Crippen LogP contribution in [0.2, 0.25) is 0 Å². The number of hydrogen-bond acceptors (Lipinski definition) is 5. The fourth-order valence-corrected chi connectivity index (χ4v) is 6.73. The Morgan fingerprint density at radius 1 is 0.388 bits per heavy atom. The van der Waals surface area contributed by atoms with Crippen molar-refractivity contribution in [1.82, 2.24) is 0 Å². The summed E-state index contributed by atoms with van der Waals surface area (Å²) in [5.74, 6) is 0. The van der Waals surface area contributed by atoms with Crippen molar-refractivity contribution in [2.75, 3.05) is 0 Å². The zero-order valence-corrected chi connectivity index (χ0v) is 26.5. The maximum atomic E-state index is 7.15. The number of allylic oxidation sites excluding steroid dienone is 11. The first-order valence-electron chi connectivity index (χ1n) is 16.3. The smallest absolute Gasteiger partial charge is 0.0974 e. The van der Waals surface area contributed by atoms with Crippen LogP contribution in [0.5, 0.6) is 0 Å². The summed E-state index contributed by atoms with van der Waals surface area (Å²) in [6.45, 7) is 0. The Balaban J connectivity index is 1.45. The van der Waals surface area contributed by atoms with Crippen LogP contribution >= 0.6 is 0 Å². The maximum absolute atomic E-state index is 7.15. The van der Waals surface area contributed by atoms with Crippen molar-refractivity contribution in [2.45, 2.75) is 0 Å². The third-order valence-electron chi connectivity index (χ3n) is 8.95. The van der Waals surface area contributed by atoms with Crippen molar-refractivity contribution in [3.8, 4) is 0 Å². The normalized spacial score (nSPS) is 17.9. The van der Waals surface area contributed by atoms with Crippen LogP contribution in [0.1, 0.15) is 22.3 Å². The first-order chi connectivity index (χ1) is 24.2. The Labute approximate surface area is 284 Å². The molecule has 5 aliphatic rings. The van der Waals surface area contributed by atoms with Gasteiger partial charge in [-0.15, -0.1) is 0 Å². The molecule has 5 heterocycles. The molecule has 0 spiro atoms. The molecule has 0 fully saturated rings. The first-order valence-corrected chi connectivity index (χ1v) is 16.3. The van der Waals surface area contributed by atoms with Crippen LogP contribution in [0, 0.1) is 0 Å². The third-order valence-corrected chi connectivity index (χ3v) is 8.95. The Bertz CT molecular complexity index is 2420. The second kappa shape index (κ2) is 11.8. The van der Waals surface area contributed by atoms with Gasteiger partial charge in [0.25, 0.3) is 0 Å². The molecule has 0 aliphatic carbocycles. The summed E-state index contributed by atoms with van der Waals surface area (Å²) in [6.07, 6.45) is 14.1. The first kappa shape index (κ1) is 28.5. The fraction of sp³-hybridized carbons (Fsp3) is 0. The quantitative estimate of drug-likeness (QED) is 0.241. The molecule has 2 N–H and O–H groups in total. The van der Waals surface area contributed by atoms with E-state index in [1.807, 2.05) is 60.7 Å². The highest BCUT2D eigenvalue weighted by Gasteiger charge is 2.34. The summed E-state index contributed by atoms with van der Waals surface area (Å²) >= 11 is 0. The van der Waals surface area contributed by atoms with Crippen molar-refractivity contribution in [1.29, 1.82) is 0 Å². The lowest BCUT2D eigenvalue weighted by Gasteiger charge is -2.17. The average Bonchev–Trinajstić information content (AvgIpc) is 3.97. The molecule has 4 aromatic rings. The lowest BCUT2D eigenvalue weighted by Crippen LogP contribution is -2.14. The van der Waals surface area contributed by atoms with Gasteiger partial charge in [-0.3, -0.25) is 0 Å². The van der Waals surface area contributed by atoms with Gasteiger partial charge in [0.2, 0.25) is 0 Å². The summed E-state index contributed by atoms with van der Waals surface area (Å²) in [6, 6.07) is 41.7. The highest BCUT2D eigenvalue weighted by Crippen LogP contribution is 2.46. The van der Waals surface area contributed by atoms with E-state index in [1.54, 1.807) is 0 Å². The number of aliphatic imine (C=N–C) groups is 4. The lowest BCUT2D eigenvalue weighted by molar-refractivity contribution is 1.31. The second-order valence-corrected chi connectivity index (χ2v) is 12.1. The van der Waals surface area contributed by atoms with Crippen molar-refractivity contribution < 1.29 is 0 Å². The molecule has 230 valence electrons. The molecule has 0 radical (unpaired) electrons. The molecule has 5 aliphatic heterocycles. The minimum Gasteiger partial charge on any atom is -0.395 e. The van der Waals surface area contributed by atoms with E-state index in [-0.39, 0.29) is 0 Å². The maximum Gasteiger partial charge on any atom is 0.0974 e. The molecule has 0 atom stereocenters. The molecule has 5 heteroatoms. The molecule has 9 rings (SSSR count). The van der Waals surface area contributed by atoms with Gasteiger partial charge >= 0.3 is 0 Å². The molecule has 0 amide bonds. The van der Waals surface area contributed by atoms with Crippen molar-refractivity contribution in [2.24, 2.45) is 25.7 Å². The van der Waals surface area contributed by atoms with E-state index in [0.29, 0.717) is 17.1 Å². The van der Waals surface area contributed by atoms with E-state index >= 15 is 0 Å². The highest BCUT2D eigenvalue weighted by atomic mass is 14.9. The number of hydrogen-bond donors (Lipinski definition) is 1. The molecule has 4 aromatic carbocycles. The SMILES string of the molecule is NC1=C2C=CC(=N2)C=C2C=CC(=N2)C=C2C=C(c3ccccc3)C(=N2)C(c2ccccc2)=C2N=C1C(c1ccccc1)=C2c1ccccc1. The van der Waals surface area contributed by atoms with E-state index in [1.165, 1.54) is 0 Å². The molecule has 0 saturated heterocycles. The number of fused-ring (bicyclic) bond motifs is 4. The van der Waals surface area contributed by atoms with E-state index in [0.717, 1.165) is 78.8 Å². The zero-order valence-electron chi connectivity index (χ0n) is 26.5. The number of benzene rings is 4. The predicted octanol–water partition coefficient (Wildman–Crippen LogP) is 8.97. The van der Waals surface area contributed by atoms with Gasteiger partial charge < -0.3 is 5.73 Å². The van der Waals surface area contributed by atoms with Crippen LogP contribution < -0.4 is 5.73 Å². The Hall–Kier alpha value is -6.72. The minimum absolute atomic E-state index is 0.505. The molecule has 49 heavy (non-hydrogen) atoms. The molecule has 8 bridgehead atoms. The van der Waals surface area contributed by atoms with Gasteiger partial charge in [0.15, 0.2) is 0 Å². The molecule has 0 unspecified atom stereocenters. The predicted molar refractivity (Wildman–Crippen MR) is 203 cm³/mol. The topological polar surface area (TPSA) is 75.5 Å². The molecular formula is C44H29N5. The summed E-state index contributed by atoms with van der Waals surface area (Å²) < 4.78 is 0. The summed E-state index contributed by atoms with van der Waals surface area (Å²) in [5, 5.41) is 0. The van der Waals surface area contributed by atoms with E-state index in [2.05, 4.69) is 103 Å². The average molecular weight is 628 g/mol. The fourth-order valence-electron chi connectivity index (χ4n) is 6.73. The summed E-state index contributed by atoms with van der Waals surface area (Å²) in [5.41, 5.74) is 21.9. The van der Waals surface area contributed by atoms with Crippen molar-refractivity contribution >= 4 is 45.1 Å². The second-order valence-electron chi connectivity index (χ2n) is 12.1. The monoisotopic (exact) mass is 627 g/mol. The molecule has 0 saturated carbocycles. The molecule has 0 aromatic heterocycles. The van der Waals surface area contributed by atoms with Crippen LogP contribution in [0.15, 0.2) is 212 Å². The van der Waals surface area contributed by atoms with Gasteiger partial charge in [0, 0.05) is 22.3 Å². The van der Waals surface area contributed by atoms with E-state index < -0.39 is 0 Å². The number of nitrogens with two attached hydrogens (primary N) is 1. The van der Waals surface area contributed by atoms with Crippen LogP contribution in [-0.4, -0.2) is 22.8 Å². The number of nitrogens with zero attached hydrogens (tertiary/aromatic N) is 4. The Morgan fingerprint density at radius 3 is 1.57 bits per heavy atom. The minimum atomic E-state index is 0.505. The Kier molecular flexibility index (Phi) is 6.87. The standard InChI is InChI=1S/C44H29N5/c45-41-37-24-23-34(47-37)25-32-21-22-33(46-32)26-35-27-36(28-13-5-1-6-14-28)42(48-35)40(31-19-11-4-12-20-31)43-38(29-15-7-2-8-16-29)39(44(41)49-43)30-17-9-3-10-18-30/h1-27H,45H2. The van der Waals surface area contributed by atoms with Gasteiger partial charge in [-0.05, 0) is 64.8 Å². The van der Waals surface area contributed by atoms with Gasteiger partial charge in [-0.2, -0.15) is 0 Å². The van der Waals surface area contributed by atoms with Crippen LogP contribution in [-0.2, 0) is 0 Å². The Morgan fingerprint density at radius 2 is 0.918 bits per heavy atom. The van der Waals surface area contributed by atoms with Crippen LogP contribution in [0.25, 0.3) is 22.3 Å². The van der Waals surface area contributed by atoms with Crippen LogP contribution in [0.3, 0.4) is 0 Å². The number of rotatable bonds is 4. The van der Waals surface area contributed by atoms with Gasteiger partial charge in [-0.25, -0.2) is 20.0 Å². The highest BCUT2D eigenvalue weighted by molar-refractivity contribution is 6.50. The van der Waals surface area contributed by atoms with Crippen molar-refractivity contribution in [3.05, 3.63) is 215 Å². The van der Waals surface area contributed by atoms with Gasteiger partial charge in [-0.1, -0.05) is 121 Å². The zero-order chi connectivity index (χ0) is 32.7. The van der Waals surface area contributed by atoms with Crippen LogP contribution in [0.4, 0.5) is 0 Å². The van der Waals surface area contributed by atoms with E-state index in [9.17, 15) is 0 Å². The summed E-state index contributed by atoms with van der Waals surface area (Å²) in [7, 11) is 0.